The lowest BCUT2D eigenvalue weighted by Gasteiger charge is -2.00. The molecule has 0 fully saturated rings. The maximum absolute atomic E-state index is 10.8. The number of hydrogen-bond acceptors (Lipinski definition) is 2. The molecule has 0 aromatic heterocycles. The molecule has 0 unspecified atom stereocenters. The zero-order valence-electron chi connectivity index (χ0n) is 13.7. The van der Waals surface area contributed by atoms with Crippen LogP contribution < -0.4 is 0 Å². The van der Waals surface area contributed by atoms with E-state index in [0.717, 1.165) is 25.7 Å². The molecule has 0 aromatic rings. The van der Waals surface area contributed by atoms with E-state index in [2.05, 4.69) is 35.9 Å². The van der Waals surface area contributed by atoms with Crippen molar-refractivity contribution in [2.24, 2.45) is 0 Å². The molecule has 0 saturated heterocycles. The van der Waals surface area contributed by atoms with Gasteiger partial charge < -0.3 is 4.65 Å². The maximum atomic E-state index is 10.8. The Labute approximate surface area is 132 Å². The summed E-state index contributed by atoms with van der Waals surface area (Å²) in [4.78, 5) is 10.8. The van der Waals surface area contributed by atoms with Gasteiger partial charge in [0.25, 0.3) is 5.97 Å². The van der Waals surface area contributed by atoms with Crippen LogP contribution in [0.15, 0.2) is 24.3 Å². The lowest BCUT2D eigenvalue weighted by atomic mass is 10.1. The van der Waals surface area contributed by atoms with Crippen molar-refractivity contribution in [2.45, 2.75) is 84.0 Å². The Morgan fingerprint density at radius 1 is 0.857 bits per heavy atom. The Morgan fingerprint density at radius 2 is 1.43 bits per heavy atom. The second kappa shape index (κ2) is 17.1. The molecule has 0 bridgehead atoms. The Morgan fingerprint density at radius 3 is 2.05 bits per heavy atom. The second-order valence-electron chi connectivity index (χ2n) is 5.47. The topological polar surface area (TPSA) is 26.3 Å². The highest BCUT2D eigenvalue weighted by atomic mass is 16.5. The first-order valence-corrected chi connectivity index (χ1v) is 8.50. The van der Waals surface area contributed by atoms with E-state index < -0.39 is 0 Å². The molecule has 0 heterocycles. The summed E-state index contributed by atoms with van der Waals surface area (Å²) in [5.74, 6) is -0.305. The van der Waals surface area contributed by atoms with Crippen LogP contribution in [0.5, 0.6) is 0 Å². The summed E-state index contributed by atoms with van der Waals surface area (Å²) >= 11 is 0. The van der Waals surface area contributed by atoms with E-state index in [1.165, 1.54) is 44.9 Å². The van der Waals surface area contributed by atoms with E-state index >= 15 is 0 Å². The van der Waals surface area contributed by atoms with Crippen LogP contribution in [0.4, 0.5) is 0 Å². The predicted octanol–water partition coefficient (Wildman–Crippen LogP) is 5.43. The number of carbonyl (C=O) groups is 1. The van der Waals surface area contributed by atoms with E-state index in [-0.39, 0.29) is 5.97 Å². The molecular weight excluding hydrogens is 259 g/mol. The minimum atomic E-state index is -0.305. The minimum Gasteiger partial charge on any atom is -0.543 e. The Hall–Kier alpha value is -0.985. The summed E-state index contributed by atoms with van der Waals surface area (Å²) in [5.41, 5.74) is 0. The smallest absolute Gasteiger partial charge is 0.378 e. The van der Waals surface area contributed by atoms with Gasteiger partial charge in [0.05, 0.1) is 0 Å². The van der Waals surface area contributed by atoms with Gasteiger partial charge in [0.15, 0.2) is 0 Å². The highest BCUT2D eigenvalue weighted by Crippen LogP contribution is 2.08. The number of carbonyl (C=O) groups excluding carboxylic acids is 1. The third-order valence-electron chi connectivity index (χ3n) is 3.46. The van der Waals surface area contributed by atoms with Gasteiger partial charge in [-0.05, 0) is 38.5 Å². The summed E-state index contributed by atoms with van der Waals surface area (Å²) in [6.07, 6.45) is 22.6. The van der Waals surface area contributed by atoms with Crippen molar-refractivity contribution in [1.82, 2.24) is 0 Å². The quantitative estimate of drug-likeness (QED) is 0.242. The third-order valence-corrected chi connectivity index (χ3v) is 3.46. The minimum absolute atomic E-state index is 0.305. The first-order chi connectivity index (χ1) is 10.3. The summed E-state index contributed by atoms with van der Waals surface area (Å²) < 4.78 is 4.12. The number of hydrogen-bond donors (Lipinski definition) is 0. The van der Waals surface area contributed by atoms with Gasteiger partial charge in [-0.2, -0.15) is 0 Å². The molecular formula is C18H31BO2. The van der Waals surface area contributed by atoms with E-state index in [0.29, 0.717) is 6.42 Å². The highest BCUT2D eigenvalue weighted by molar-refractivity contribution is 6.05. The largest absolute Gasteiger partial charge is 0.543 e. The molecule has 0 aliphatic heterocycles. The van der Waals surface area contributed by atoms with E-state index in [1.807, 2.05) is 0 Å². The molecule has 21 heavy (non-hydrogen) atoms. The van der Waals surface area contributed by atoms with E-state index in [4.69, 9.17) is 8.05 Å². The van der Waals surface area contributed by atoms with Crippen LogP contribution in [-0.2, 0) is 9.45 Å². The highest BCUT2D eigenvalue weighted by Gasteiger charge is 1.98. The fraction of sp³-hybridized carbons (Fsp3) is 0.722. The molecule has 2 radical (unpaired) electrons. The Bertz CT molecular complexity index is 285. The predicted molar refractivity (Wildman–Crippen MR) is 91.2 cm³/mol. The lowest BCUT2D eigenvalue weighted by molar-refractivity contribution is -0.134. The Kier molecular flexibility index (Phi) is 16.3. The summed E-state index contributed by atoms with van der Waals surface area (Å²) in [6, 6.07) is 0. The fourth-order valence-corrected chi connectivity index (χ4v) is 2.14. The number of rotatable bonds is 14. The molecule has 0 aliphatic carbocycles. The molecule has 0 aliphatic rings. The second-order valence-corrected chi connectivity index (χ2v) is 5.47. The normalized spacial score (nSPS) is 11.5. The van der Waals surface area contributed by atoms with Crippen LogP contribution in [0.25, 0.3) is 0 Å². The van der Waals surface area contributed by atoms with Crippen LogP contribution >= 0.6 is 0 Å². The van der Waals surface area contributed by atoms with E-state index in [9.17, 15) is 4.79 Å². The third kappa shape index (κ3) is 17.0. The van der Waals surface area contributed by atoms with Crippen LogP contribution in [-0.4, -0.2) is 14.0 Å². The summed E-state index contributed by atoms with van der Waals surface area (Å²) in [5, 5.41) is 0. The zero-order valence-corrected chi connectivity index (χ0v) is 13.7. The molecule has 3 heteroatoms. The van der Waals surface area contributed by atoms with Gasteiger partial charge in [0.2, 0.25) is 0 Å². The molecule has 2 nitrogen and oxygen atoms in total. The standard InChI is InChI=1S/C18H31BO2/c1-2-3-4-5-6-7-8-9-10-11-12-13-14-15-16-17-18(20)21-19/h6-7,9-10H,2-5,8,11-17H2,1H3/b7-6-,10-9-. The van der Waals surface area contributed by atoms with Gasteiger partial charge in [0.1, 0.15) is 0 Å². The summed E-state index contributed by atoms with van der Waals surface area (Å²) in [6.45, 7) is 2.24. The molecule has 0 N–H and O–H groups in total. The molecule has 0 atom stereocenters. The number of allylic oxidation sites excluding steroid dienone is 4. The first kappa shape index (κ1) is 20.0. The van der Waals surface area contributed by atoms with Crippen LogP contribution in [0, 0.1) is 0 Å². The first-order valence-electron chi connectivity index (χ1n) is 8.50. The molecule has 0 rings (SSSR count). The fourth-order valence-electron chi connectivity index (χ4n) is 2.14. The SMILES string of the molecule is [B]OC(=O)CCCCCCC/C=C\C/C=C\CCCCC. The molecule has 0 amide bonds. The van der Waals surface area contributed by atoms with Gasteiger partial charge in [-0.25, -0.2) is 0 Å². The monoisotopic (exact) mass is 290 g/mol. The van der Waals surface area contributed by atoms with Gasteiger partial charge in [-0.3, -0.25) is 4.79 Å². The van der Waals surface area contributed by atoms with E-state index in [1.54, 1.807) is 0 Å². The van der Waals surface area contributed by atoms with Crippen LogP contribution in [0.2, 0.25) is 0 Å². The Balaban J connectivity index is 3.20. The molecule has 0 saturated carbocycles. The van der Waals surface area contributed by atoms with Crippen molar-refractivity contribution in [2.75, 3.05) is 0 Å². The van der Waals surface area contributed by atoms with Crippen molar-refractivity contribution in [1.29, 1.82) is 0 Å². The average Bonchev–Trinajstić information content (AvgIpc) is 2.50. The zero-order chi connectivity index (χ0) is 15.6. The van der Waals surface area contributed by atoms with Crippen molar-refractivity contribution in [3.05, 3.63) is 24.3 Å². The van der Waals surface area contributed by atoms with Gasteiger partial charge >= 0.3 is 8.05 Å². The van der Waals surface area contributed by atoms with Crippen LogP contribution in [0.1, 0.15) is 84.0 Å². The lowest BCUT2D eigenvalue weighted by Crippen LogP contribution is -2.00. The molecule has 118 valence electrons. The molecule has 0 aromatic carbocycles. The molecule has 0 spiro atoms. The van der Waals surface area contributed by atoms with Crippen molar-refractivity contribution < 1.29 is 9.45 Å². The van der Waals surface area contributed by atoms with Crippen molar-refractivity contribution in [3.63, 3.8) is 0 Å². The van der Waals surface area contributed by atoms with Gasteiger partial charge in [-0.1, -0.05) is 63.3 Å². The summed E-state index contributed by atoms with van der Waals surface area (Å²) in [7, 11) is 4.77. The van der Waals surface area contributed by atoms with Gasteiger partial charge in [-0.15, -0.1) is 0 Å². The van der Waals surface area contributed by atoms with Crippen LogP contribution in [0.3, 0.4) is 0 Å². The average molecular weight is 290 g/mol. The number of unbranched alkanes of at least 4 members (excludes halogenated alkanes) is 8. The maximum Gasteiger partial charge on any atom is 0.378 e. The van der Waals surface area contributed by atoms with Crippen molar-refractivity contribution >= 4 is 14.0 Å². The van der Waals surface area contributed by atoms with Crippen molar-refractivity contribution in [3.8, 4) is 0 Å². The van der Waals surface area contributed by atoms with Gasteiger partial charge in [0, 0.05) is 6.42 Å².